The first-order chi connectivity index (χ1) is 10.0. The standard InChI is InChI=1S/C18H29N3/c1-12(2)10-21-11-13(3)19-17(21)20-18-7-14-4-15(8-18)6-16(5-14)9-18/h11-12,14-16H,4-10H2,1-3H3,(H,19,20). The first-order valence-corrected chi connectivity index (χ1v) is 8.83. The van der Waals surface area contributed by atoms with E-state index >= 15 is 0 Å². The summed E-state index contributed by atoms with van der Waals surface area (Å²) in [7, 11) is 0. The zero-order valence-electron chi connectivity index (χ0n) is 13.7. The summed E-state index contributed by atoms with van der Waals surface area (Å²) in [5.74, 6) is 4.74. The second-order valence-electron chi connectivity index (χ2n) is 8.57. The predicted molar refractivity (Wildman–Crippen MR) is 86.3 cm³/mol. The molecule has 0 aliphatic heterocycles. The molecule has 0 spiro atoms. The number of hydrogen-bond donors (Lipinski definition) is 1. The molecular formula is C18H29N3. The SMILES string of the molecule is Cc1cn(CC(C)C)c(NC23CC4CC(CC(C4)C2)C3)n1. The number of nitrogens with zero attached hydrogens (tertiary/aromatic N) is 2. The Morgan fingerprint density at radius 1 is 1.19 bits per heavy atom. The molecule has 4 saturated carbocycles. The van der Waals surface area contributed by atoms with E-state index in [0.29, 0.717) is 11.5 Å². The molecule has 4 bridgehead atoms. The first-order valence-electron chi connectivity index (χ1n) is 8.83. The largest absolute Gasteiger partial charge is 0.350 e. The summed E-state index contributed by atoms with van der Waals surface area (Å²) >= 11 is 0. The zero-order valence-corrected chi connectivity index (χ0v) is 13.7. The number of aryl methyl sites for hydroxylation is 1. The van der Waals surface area contributed by atoms with Crippen LogP contribution in [0.2, 0.25) is 0 Å². The first kappa shape index (κ1) is 13.7. The number of aromatic nitrogens is 2. The molecule has 5 rings (SSSR count). The maximum atomic E-state index is 4.79. The van der Waals surface area contributed by atoms with Crippen LogP contribution in [0.1, 0.15) is 58.1 Å². The smallest absolute Gasteiger partial charge is 0.203 e. The van der Waals surface area contributed by atoms with Gasteiger partial charge in [0, 0.05) is 18.3 Å². The van der Waals surface area contributed by atoms with Crippen molar-refractivity contribution in [1.82, 2.24) is 9.55 Å². The lowest BCUT2D eigenvalue weighted by atomic mass is 9.53. The van der Waals surface area contributed by atoms with Crippen molar-refractivity contribution in [3.05, 3.63) is 11.9 Å². The van der Waals surface area contributed by atoms with E-state index in [9.17, 15) is 0 Å². The van der Waals surface area contributed by atoms with Crippen molar-refractivity contribution in [1.29, 1.82) is 0 Å². The van der Waals surface area contributed by atoms with Gasteiger partial charge < -0.3 is 9.88 Å². The van der Waals surface area contributed by atoms with Crippen molar-refractivity contribution < 1.29 is 0 Å². The molecular weight excluding hydrogens is 258 g/mol. The Morgan fingerprint density at radius 2 is 1.76 bits per heavy atom. The van der Waals surface area contributed by atoms with Gasteiger partial charge in [0.1, 0.15) is 0 Å². The molecule has 21 heavy (non-hydrogen) atoms. The molecule has 3 nitrogen and oxygen atoms in total. The van der Waals surface area contributed by atoms with E-state index in [4.69, 9.17) is 4.98 Å². The van der Waals surface area contributed by atoms with E-state index in [1.807, 2.05) is 0 Å². The van der Waals surface area contributed by atoms with E-state index in [-0.39, 0.29) is 0 Å². The molecule has 4 aliphatic carbocycles. The summed E-state index contributed by atoms with van der Waals surface area (Å²) in [5.41, 5.74) is 1.50. The third kappa shape index (κ3) is 2.49. The zero-order chi connectivity index (χ0) is 14.6. The van der Waals surface area contributed by atoms with Gasteiger partial charge in [0.25, 0.3) is 0 Å². The monoisotopic (exact) mass is 287 g/mol. The van der Waals surface area contributed by atoms with Crippen LogP contribution < -0.4 is 5.32 Å². The van der Waals surface area contributed by atoms with E-state index < -0.39 is 0 Å². The van der Waals surface area contributed by atoms with Crippen LogP contribution in [0.3, 0.4) is 0 Å². The summed E-state index contributed by atoms with van der Waals surface area (Å²) in [6.07, 6.45) is 10.9. The lowest BCUT2D eigenvalue weighted by Crippen LogP contribution is -2.55. The summed E-state index contributed by atoms with van der Waals surface area (Å²) in [6.45, 7) is 7.74. The van der Waals surface area contributed by atoms with Crippen molar-refractivity contribution in [3.8, 4) is 0 Å². The molecule has 1 aromatic heterocycles. The fourth-order valence-electron chi connectivity index (χ4n) is 5.68. The number of anilines is 1. The third-order valence-electron chi connectivity index (χ3n) is 5.87. The highest BCUT2D eigenvalue weighted by Crippen LogP contribution is 2.56. The second-order valence-corrected chi connectivity index (χ2v) is 8.57. The van der Waals surface area contributed by atoms with Gasteiger partial charge in [-0.15, -0.1) is 0 Å². The van der Waals surface area contributed by atoms with E-state index in [0.717, 1.165) is 35.9 Å². The molecule has 1 heterocycles. The highest BCUT2D eigenvalue weighted by Gasteiger charge is 2.51. The normalized spacial score (nSPS) is 37.4. The van der Waals surface area contributed by atoms with Crippen molar-refractivity contribution in [2.45, 2.75) is 71.4 Å². The van der Waals surface area contributed by atoms with Crippen LogP contribution in [0, 0.1) is 30.6 Å². The topological polar surface area (TPSA) is 29.9 Å². The Hall–Kier alpha value is -0.990. The Kier molecular flexibility index (Phi) is 3.09. The molecule has 0 atom stereocenters. The number of imidazole rings is 1. The van der Waals surface area contributed by atoms with Gasteiger partial charge in [-0.05, 0) is 69.1 Å². The third-order valence-corrected chi connectivity index (χ3v) is 5.87. The van der Waals surface area contributed by atoms with Crippen LogP contribution in [0.15, 0.2) is 6.20 Å². The second kappa shape index (κ2) is 4.76. The summed E-state index contributed by atoms with van der Waals surface area (Å²) < 4.78 is 2.35. The molecule has 0 saturated heterocycles. The summed E-state index contributed by atoms with van der Waals surface area (Å²) in [5, 5.41) is 3.93. The Bertz CT molecular complexity index is 493. The van der Waals surface area contributed by atoms with Gasteiger partial charge >= 0.3 is 0 Å². The van der Waals surface area contributed by atoms with Crippen LogP contribution in [0.25, 0.3) is 0 Å². The van der Waals surface area contributed by atoms with Crippen LogP contribution in [0.4, 0.5) is 5.95 Å². The van der Waals surface area contributed by atoms with Crippen LogP contribution in [-0.2, 0) is 6.54 Å². The number of rotatable bonds is 4. The molecule has 1 N–H and O–H groups in total. The average Bonchev–Trinajstić information content (AvgIpc) is 2.65. The molecule has 116 valence electrons. The van der Waals surface area contributed by atoms with Crippen molar-refractivity contribution in [2.24, 2.45) is 23.7 Å². The lowest BCUT2D eigenvalue weighted by Gasteiger charge is -2.57. The molecule has 1 aromatic rings. The van der Waals surface area contributed by atoms with E-state index in [1.165, 1.54) is 38.5 Å². The highest BCUT2D eigenvalue weighted by atomic mass is 15.2. The van der Waals surface area contributed by atoms with Gasteiger partial charge in [-0.1, -0.05) is 13.8 Å². The average molecular weight is 287 g/mol. The number of hydrogen-bond acceptors (Lipinski definition) is 2. The van der Waals surface area contributed by atoms with Crippen molar-refractivity contribution in [3.63, 3.8) is 0 Å². The fourth-order valence-corrected chi connectivity index (χ4v) is 5.68. The molecule has 0 unspecified atom stereocenters. The fraction of sp³-hybridized carbons (Fsp3) is 0.833. The minimum absolute atomic E-state index is 0.362. The maximum absolute atomic E-state index is 4.79. The van der Waals surface area contributed by atoms with Gasteiger partial charge in [-0.3, -0.25) is 0 Å². The maximum Gasteiger partial charge on any atom is 0.203 e. The van der Waals surface area contributed by atoms with Gasteiger partial charge in [0.2, 0.25) is 5.95 Å². The van der Waals surface area contributed by atoms with Gasteiger partial charge in [0.05, 0.1) is 5.69 Å². The quantitative estimate of drug-likeness (QED) is 0.898. The van der Waals surface area contributed by atoms with Crippen LogP contribution >= 0.6 is 0 Å². The Morgan fingerprint density at radius 3 is 2.29 bits per heavy atom. The number of nitrogens with one attached hydrogen (secondary N) is 1. The molecule has 3 heteroatoms. The molecule has 4 aliphatic rings. The van der Waals surface area contributed by atoms with Gasteiger partial charge in [-0.25, -0.2) is 4.98 Å². The van der Waals surface area contributed by atoms with E-state index in [1.54, 1.807) is 0 Å². The minimum Gasteiger partial charge on any atom is -0.350 e. The Labute approximate surface area is 128 Å². The van der Waals surface area contributed by atoms with Gasteiger partial charge in [0.15, 0.2) is 0 Å². The summed E-state index contributed by atoms with van der Waals surface area (Å²) in [4.78, 5) is 4.79. The molecule has 0 radical (unpaired) electrons. The van der Waals surface area contributed by atoms with Crippen molar-refractivity contribution >= 4 is 5.95 Å². The highest BCUT2D eigenvalue weighted by molar-refractivity contribution is 5.35. The Balaban J connectivity index is 1.58. The molecule has 4 fully saturated rings. The minimum atomic E-state index is 0.362. The lowest BCUT2D eigenvalue weighted by molar-refractivity contribution is 0.0102. The van der Waals surface area contributed by atoms with Crippen LogP contribution in [0.5, 0.6) is 0 Å². The predicted octanol–water partition coefficient (Wildman–Crippen LogP) is 4.23. The van der Waals surface area contributed by atoms with Crippen molar-refractivity contribution in [2.75, 3.05) is 5.32 Å². The van der Waals surface area contributed by atoms with Gasteiger partial charge in [-0.2, -0.15) is 0 Å². The van der Waals surface area contributed by atoms with E-state index in [2.05, 4.69) is 36.9 Å². The van der Waals surface area contributed by atoms with Crippen LogP contribution in [-0.4, -0.2) is 15.1 Å². The molecule has 0 amide bonds. The molecule has 0 aromatic carbocycles. The summed E-state index contributed by atoms with van der Waals surface area (Å²) in [6, 6.07) is 0.